The summed E-state index contributed by atoms with van der Waals surface area (Å²) in [5.41, 5.74) is 4.63. The molecule has 0 aliphatic rings. The number of hydrogen-bond acceptors (Lipinski definition) is 1. The maximum absolute atomic E-state index is 8.02. The summed E-state index contributed by atoms with van der Waals surface area (Å²) in [5, 5.41) is 1.84. The molecule has 0 atom stereocenters. The number of thioether (sulfide) groups is 1. The summed E-state index contributed by atoms with van der Waals surface area (Å²) in [6.45, 7) is 8.32. The first-order valence-electron chi connectivity index (χ1n) is 13.4. The fraction of sp³-hybridized carbons (Fsp3) is 0.370. The Hall–Kier alpha value is -1.84. The summed E-state index contributed by atoms with van der Waals surface area (Å²) in [6, 6.07) is 14.6. The number of rotatable bonds is 5. The molecule has 0 fully saturated rings. The lowest BCUT2D eigenvalue weighted by molar-refractivity contribution is -0.660. The van der Waals surface area contributed by atoms with Crippen LogP contribution in [-0.2, 0) is 7.05 Å². The molecule has 30 heavy (non-hydrogen) atoms. The van der Waals surface area contributed by atoms with E-state index in [-0.39, 0.29) is 11.1 Å². The van der Waals surface area contributed by atoms with Gasteiger partial charge in [0.2, 0.25) is 5.69 Å². The van der Waals surface area contributed by atoms with Crippen molar-refractivity contribution >= 4 is 25.0 Å². The first-order chi connectivity index (χ1) is 16.4. The summed E-state index contributed by atoms with van der Waals surface area (Å²) in [7, 11) is 0.0548. The van der Waals surface area contributed by atoms with Crippen LogP contribution in [0.1, 0.15) is 38.8 Å². The van der Waals surface area contributed by atoms with Gasteiger partial charge in [0.25, 0.3) is 0 Å². The van der Waals surface area contributed by atoms with Crippen LogP contribution >= 0.6 is 11.8 Å². The highest BCUT2D eigenvalue weighted by Crippen LogP contribution is 2.31. The normalized spacial score (nSPS) is 15.7. The second-order valence-electron chi connectivity index (χ2n) is 9.25. The number of aryl methyl sites for hydroxylation is 4. The number of aromatic nitrogens is 1. The van der Waals surface area contributed by atoms with Crippen LogP contribution in [0.25, 0.3) is 22.4 Å². The zero-order valence-electron chi connectivity index (χ0n) is 25.1. The van der Waals surface area contributed by atoms with E-state index in [4.69, 9.17) is 8.22 Å². The standard InChI is InChI=1S/C27H36NSSi/c1-18(2)29-23-12-10-22(11-13-23)25-16-24(20(4)15-27(25)30(7,8)9)26-14-19(3)21(5)17-28(26)6/h10-18H,1-9H3/q+1/i3D3,5D3. The molecule has 0 N–H and O–H groups in total. The highest BCUT2D eigenvalue weighted by molar-refractivity contribution is 7.99. The highest BCUT2D eigenvalue weighted by atomic mass is 32.2. The quantitative estimate of drug-likeness (QED) is 0.239. The van der Waals surface area contributed by atoms with Gasteiger partial charge in [0.05, 0.1) is 8.07 Å². The van der Waals surface area contributed by atoms with Crippen molar-refractivity contribution < 1.29 is 12.8 Å². The first-order valence-corrected chi connectivity index (χ1v) is 14.7. The van der Waals surface area contributed by atoms with Crippen molar-refractivity contribution in [2.75, 3.05) is 0 Å². The average molecular weight is 441 g/mol. The van der Waals surface area contributed by atoms with Crippen LogP contribution in [0.15, 0.2) is 53.6 Å². The molecule has 0 aliphatic carbocycles. The van der Waals surface area contributed by atoms with Gasteiger partial charge in [-0.15, -0.1) is 11.8 Å². The Morgan fingerprint density at radius 2 is 1.57 bits per heavy atom. The van der Waals surface area contributed by atoms with Crippen molar-refractivity contribution in [3.05, 3.63) is 65.4 Å². The SMILES string of the molecule is [2H]C([2H])([2H])c1cc(-c2cc(-c3ccc(SC(C)C)cc3)c([Si](C)(C)C)cc2C)[n+](C)cc1C([2H])([2H])[2H]. The predicted octanol–water partition coefficient (Wildman–Crippen LogP) is 6.82. The Bertz CT molecular complexity index is 1260. The number of benzene rings is 2. The van der Waals surface area contributed by atoms with E-state index >= 15 is 0 Å². The van der Waals surface area contributed by atoms with Crippen molar-refractivity contribution in [3.8, 4) is 22.4 Å². The Morgan fingerprint density at radius 3 is 2.13 bits per heavy atom. The van der Waals surface area contributed by atoms with E-state index in [1.54, 1.807) is 11.6 Å². The van der Waals surface area contributed by atoms with Crippen LogP contribution < -0.4 is 9.75 Å². The Kier molecular flexibility index (Phi) is 4.62. The molecule has 0 spiro atoms. The highest BCUT2D eigenvalue weighted by Gasteiger charge is 2.24. The Labute approximate surface area is 197 Å². The molecule has 0 saturated heterocycles. The smallest absolute Gasteiger partial charge is 0.201 e. The minimum Gasteiger partial charge on any atom is -0.201 e. The number of nitrogens with zero attached hydrogens (tertiary/aromatic N) is 1. The van der Waals surface area contributed by atoms with Crippen LogP contribution in [0, 0.1) is 20.6 Å². The molecule has 0 radical (unpaired) electrons. The topological polar surface area (TPSA) is 3.88 Å². The fourth-order valence-corrected chi connectivity index (χ4v) is 6.26. The van der Waals surface area contributed by atoms with Crippen LogP contribution in [0.3, 0.4) is 0 Å². The van der Waals surface area contributed by atoms with E-state index in [9.17, 15) is 0 Å². The van der Waals surface area contributed by atoms with Gasteiger partial charge in [0, 0.05) is 35.6 Å². The van der Waals surface area contributed by atoms with Crippen molar-refractivity contribution in [2.24, 2.45) is 7.05 Å². The van der Waals surface area contributed by atoms with Crippen molar-refractivity contribution in [2.45, 2.75) is 64.3 Å². The summed E-state index contributed by atoms with van der Waals surface area (Å²) in [4.78, 5) is 1.23. The lowest BCUT2D eigenvalue weighted by Crippen LogP contribution is -2.39. The van der Waals surface area contributed by atoms with Gasteiger partial charge in [0.15, 0.2) is 6.20 Å². The second kappa shape index (κ2) is 8.72. The fourth-order valence-electron chi connectivity index (χ4n) is 3.75. The molecule has 2 aromatic carbocycles. The van der Waals surface area contributed by atoms with Crippen molar-refractivity contribution in [1.29, 1.82) is 0 Å². The summed E-state index contributed by atoms with van der Waals surface area (Å²) in [5.74, 6) is 0. The first kappa shape index (κ1) is 15.9. The zero-order valence-corrected chi connectivity index (χ0v) is 20.9. The van der Waals surface area contributed by atoms with E-state index in [1.807, 2.05) is 18.7 Å². The van der Waals surface area contributed by atoms with Crippen LogP contribution in [0.5, 0.6) is 0 Å². The molecule has 3 heteroatoms. The van der Waals surface area contributed by atoms with Gasteiger partial charge in [-0.1, -0.05) is 56.9 Å². The molecule has 0 amide bonds. The Morgan fingerprint density at radius 1 is 0.900 bits per heavy atom. The molecule has 0 bridgehead atoms. The minimum atomic E-state index is -2.54. The van der Waals surface area contributed by atoms with Crippen LogP contribution in [0.4, 0.5) is 0 Å². The lowest BCUT2D eigenvalue weighted by Gasteiger charge is -2.23. The van der Waals surface area contributed by atoms with E-state index in [0.29, 0.717) is 10.9 Å². The summed E-state index contributed by atoms with van der Waals surface area (Å²) < 4.78 is 49.4. The molecular formula is C27H36NSSi+. The Balaban J connectivity index is 2.29. The van der Waals surface area contributed by atoms with Gasteiger partial charge in [-0.25, -0.2) is 4.57 Å². The zero-order chi connectivity index (χ0) is 27.2. The molecule has 1 heterocycles. The minimum absolute atomic E-state index is 0.124. The van der Waals surface area contributed by atoms with E-state index in [2.05, 4.69) is 69.9 Å². The molecule has 1 nitrogen and oxygen atoms in total. The molecule has 3 rings (SSSR count). The molecule has 1 aromatic heterocycles. The predicted molar refractivity (Wildman–Crippen MR) is 137 cm³/mol. The summed E-state index contributed by atoms with van der Waals surface area (Å²) >= 11 is 1.83. The largest absolute Gasteiger partial charge is 0.212 e. The van der Waals surface area contributed by atoms with Gasteiger partial charge in [-0.3, -0.25) is 0 Å². The molecule has 0 unspecified atom stereocenters. The monoisotopic (exact) mass is 440 g/mol. The van der Waals surface area contributed by atoms with Crippen molar-refractivity contribution in [1.82, 2.24) is 0 Å². The van der Waals surface area contributed by atoms with Gasteiger partial charge >= 0.3 is 0 Å². The van der Waals surface area contributed by atoms with Crippen LogP contribution in [-0.4, -0.2) is 13.3 Å². The van der Waals surface area contributed by atoms with Gasteiger partial charge < -0.3 is 0 Å². The third kappa shape index (κ3) is 4.89. The van der Waals surface area contributed by atoms with E-state index in [1.165, 1.54) is 22.3 Å². The third-order valence-electron chi connectivity index (χ3n) is 5.26. The van der Waals surface area contributed by atoms with E-state index in [0.717, 1.165) is 22.3 Å². The molecular weight excluding hydrogens is 398 g/mol. The molecule has 3 aromatic rings. The maximum atomic E-state index is 8.02. The van der Waals surface area contributed by atoms with E-state index < -0.39 is 21.8 Å². The number of hydrogen-bond donors (Lipinski definition) is 0. The van der Waals surface area contributed by atoms with Gasteiger partial charge in [-0.05, 0) is 61.1 Å². The lowest BCUT2D eigenvalue weighted by atomic mass is 9.96. The molecule has 158 valence electrons. The average Bonchev–Trinajstić information content (AvgIpc) is 2.71. The third-order valence-corrected chi connectivity index (χ3v) is 8.31. The molecule has 0 aliphatic heterocycles. The van der Waals surface area contributed by atoms with Gasteiger partial charge in [0.1, 0.15) is 7.05 Å². The number of pyridine rings is 1. The molecule has 0 saturated carbocycles. The maximum Gasteiger partial charge on any atom is 0.212 e. The summed E-state index contributed by atoms with van der Waals surface area (Å²) in [6.07, 6.45) is 1.45. The van der Waals surface area contributed by atoms with Gasteiger partial charge in [-0.2, -0.15) is 0 Å². The van der Waals surface area contributed by atoms with Crippen LogP contribution in [0.2, 0.25) is 19.6 Å². The second-order valence-corrected chi connectivity index (χ2v) is 15.9. The van der Waals surface area contributed by atoms with Crippen molar-refractivity contribution in [3.63, 3.8) is 0 Å².